The molecule has 0 amide bonds. The number of halogens is 2. The van der Waals surface area contributed by atoms with Crippen molar-refractivity contribution in [1.29, 1.82) is 0 Å². The fourth-order valence-corrected chi connectivity index (χ4v) is 0. The van der Waals surface area contributed by atoms with Crippen LogP contribution in [-0.2, 0) is 19.5 Å². The van der Waals surface area contributed by atoms with Crippen molar-refractivity contribution in [2.24, 2.45) is 0 Å². The van der Waals surface area contributed by atoms with Gasteiger partial charge in [0, 0.05) is 0 Å². The first-order valence-electron chi connectivity index (χ1n) is 1.13. The molecule has 5 heteroatoms. The second-order valence-corrected chi connectivity index (χ2v) is 0.447. The van der Waals surface area contributed by atoms with Gasteiger partial charge in [-0.05, 0) is 0 Å². The van der Waals surface area contributed by atoms with Crippen molar-refractivity contribution < 1.29 is 54.5 Å². The Labute approximate surface area is 67.9 Å². The summed E-state index contributed by atoms with van der Waals surface area (Å²) in [5, 5.41) is 15.2. The molecule has 0 aliphatic rings. The van der Waals surface area contributed by atoms with Gasteiger partial charge in [-0.2, -0.15) is 0 Å². The first-order chi connectivity index (χ1) is 1.91. The molecular formula is C2H6Cl2O2Zn. The van der Waals surface area contributed by atoms with E-state index in [4.69, 9.17) is 10.2 Å². The van der Waals surface area contributed by atoms with E-state index in [0.29, 0.717) is 0 Å². The van der Waals surface area contributed by atoms with E-state index in [2.05, 4.69) is 0 Å². The van der Waals surface area contributed by atoms with Crippen LogP contribution < -0.4 is 24.8 Å². The fourth-order valence-electron chi connectivity index (χ4n) is 0. The van der Waals surface area contributed by atoms with Crippen LogP contribution in [0.4, 0.5) is 0 Å². The van der Waals surface area contributed by atoms with Gasteiger partial charge in [0.2, 0.25) is 0 Å². The molecule has 0 unspecified atom stereocenters. The Morgan fingerprint density at radius 1 is 0.857 bits per heavy atom. The molecule has 0 saturated heterocycles. The maximum Gasteiger partial charge on any atom is 2.00 e. The van der Waals surface area contributed by atoms with E-state index in [1.807, 2.05) is 0 Å². The van der Waals surface area contributed by atoms with Crippen LogP contribution >= 0.6 is 0 Å². The minimum atomic E-state index is -0.125. The number of aliphatic hydroxyl groups excluding tert-OH is 2. The van der Waals surface area contributed by atoms with Gasteiger partial charge in [-0.1, -0.05) is 0 Å². The van der Waals surface area contributed by atoms with Gasteiger partial charge >= 0.3 is 19.5 Å². The average molecular weight is 198 g/mol. The molecule has 7 heavy (non-hydrogen) atoms. The maximum absolute atomic E-state index is 7.62. The van der Waals surface area contributed by atoms with Crippen LogP contribution in [0.3, 0.4) is 0 Å². The monoisotopic (exact) mass is 196 g/mol. The van der Waals surface area contributed by atoms with Crippen molar-refractivity contribution in [3.63, 3.8) is 0 Å². The van der Waals surface area contributed by atoms with Crippen molar-refractivity contribution in [3.05, 3.63) is 0 Å². The number of hydrogen-bond acceptors (Lipinski definition) is 2. The zero-order valence-corrected chi connectivity index (χ0v) is 8.25. The van der Waals surface area contributed by atoms with Crippen LogP contribution in [0.25, 0.3) is 0 Å². The molecule has 0 heterocycles. The van der Waals surface area contributed by atoms with E-state index >= 15 is 0 Å². The van der Waals surface area contributed by atoms with Gasteiger partial charge in [0.15, 0.2) is 0 Å². The molecule has 0 aromatic heterocycles. The zero-order valence-electron chi connectivity index (χ0n) is 3.77. The average Bonchev–Trinajstić information content (AvgIpc) is 1.37. The minimum Gasteiger partial charge on any atom is -1.00 e. The molecule has 0 aromatic rings. The Morgan fingerprint density at radius 2 is 1.00 bits per heavy atom. The summed E-state index contributed by atoms with van der Waals surface area (Å²) in [7, 11) is 0. The normalized spacial score (nSPS) is 4.29. The van der Waals surface area contributed by atoms with Gasteiger partial charge in [0.05, 0.1) is 13.2 Å². The molecule has 0 aliphatic heterocycles. The van der Waals surface area contributed by atoms with Gasteiger partial charge in [-0.3, -0.25) is 0 Å². The number of hydrogen-bond donors (Lipinski definition) is 2. The van der Waals surface area contributed by atoms with Gasteiger partial charge in [-0.25, -0.2) is 0 Å². The third kappa shape index (κ3) is 41.5. The van der Waals surface area contributed by atoms with Crippen LogP contribution in [0.15, 0.2) is 0 Å². The second kappa shape index (κ2) is 27.4. The molecule has 0 fully saturated rings. The van der Waals surface area contributed by atoms with Gasteiger partial charge < -0.3 is 35.0 Å². The Bertz CT molecular complexity index is 15.7. The molecule has 0 radical (unpaired) electrons. The van der Waals surface area contributed by atoms with Crippen molar-refractivity contribution in [3.8, 4) is 0 Å². The largest absolute Gasteiger partial charge is 2.00 e. The molecule has 0 spiro atoms. The molecule has 0 bridgehead atoms. The van der Waals surface area contributed by atoms with Gasteiger partial charge in [0.25, 0.3) is 0 Å². The van der Waals surface area contributed by atoms with Gasteiger partial charge in [0.1, 0.15) is 0 Å². The molecule has 0 rings (SSSR count). The molecule has 0 atom stereocenters. The number of aliphatic hydroxyl groups is 2. The Hall–Kier alpha value is 1.12. The van der Waals surface area contributed by atoms with E-state index in [0.717, 1.165) is 0 Å². The summed E-state index contributed by atoms with van der Waals surface area (Å²) >= 11 is 0. The Morgan fingerprint density at radius 3 is 1.00 bits per heavy atom. The molecule has 2 N–H and O–H groups in total. The summed E-state index contributed by atoms with van der Waals surface area (Å²) in [6.07, 6.45) is 0. The van der Waals surface area contributed by atoms with Crippen molar-refractivity contribution in [1.82, 2.24) is 0 Å². The maximum atomic E-state index is 7.62. The SMILES string of the molecule is OCCO.[Cl-].[Cl-].[Zn+2]. The molecule has 0 aromatic carbocycles. The topological polar surface area (TPSA) is 40.5 Å². The van der Waals surface area contributed by atoms with Crippen LogP contribution in [0.1, 0.15) is 0 Å². The Balaban J connectivity index is -0.0000000150. The summed E-state index contributed by atoms with van der Waals surface area (Å²) in [5.41, 5.74) is 0. The van der Waals surface area contributed by atoms with Crippen molar-refractivity contribution >= 4 is 0 Å². The predicted molar refractivity (Wildman–Crippen MR) is 14.2 cm³/mol. The van der Waals surface area contributed by atoms with Crippen LogP contribution in [0.5, 0.6) is 0 Å². The number of rotatable bonds is 1. The summed E-state index contributed by atoms with van der Waals surface area (Å²) < 4.78 is 0. The minimum absolute atomic E-state index is 0. The summed E-state index contributed by atoms with van der Waals surface area (Å²) in [6, 6.07) is 0. The van der Waals surface area contributed by atoms with E-state index in [9.17, 15) is 0 Å². The van der Waals surface area contributed by atoms with E-state index in [-0.39, 0.29) is 57.5 Å². The van der Waals surface area contributed by atoms with Crippen molar-refractivity contribution in [2.75, 3.05) is 13.2 Å². The van der Waals surface area contributed by atoms with Crippen LogP contribution in [-0.4, -0.2) is 23.4 Å². The predicted octanol–water partition coefficient (Wildman–Crippen LogP) is -7.02. The molecular weight excluding hydrogens is 192 g/mol. The van der Waals surface area contributed by atoms with E-state index < -0.39 is 0 Å². The summed E-state index contributed by atoms with van der Waals surface area (Å²) in [5.74, 6) is 0. The standard InChI is InChI=1S/C2H6O2.2ClH.Zn/c3-1-2-4;;;/h3-4H,1-2H2;2*1H;/q;;;+2/p-2. The van der Waals surface area contributed by atoms with Crippen LogP contribution in [0.2, 0.25) is 0 Å². The third-order valence-corrected chi connectivity index (χ3v) is 0.1000. The second-order valence-electron chi connectivity index (χ2n) is 0.447. The third-order valence-electron chi connectivity index (χ3n) is 0.1000. The van der Waals surface area contributed by atoms with E-state index in [1.54, 1.807) is 0 Å². The fraction of sp³-hybridized carbons (Fsp3) is 1.00. The van der Waals surface area contributed by atoms with Crippen molar-refractivity contribution in [2.45, 2.75) is 0 Å². The van der Waals surface area contributed by atoms with Gasteiger partial charge in [-0.15, -0.1) is 0 Å². The Kier molecular flexibility index (Phi) is 94.8. The molecule has 0 saturated carbocycles. The van der Waals surface area contributed by atoms with E-state index in [1.165, 1.54) is 0 Å². The quantitative estimate of drug-likeness (QED) is 0.411. The summed E-state index contributed by atoms with van der Waals surface area (Å²) in [4.78, 5) is 0. The first-order valence-corrected chi connectivity index (χ1v) is 1.13. The first kappa shape index (κ1) is 24.2. The van der Waals surface area contributed by atoms with Crippen LogP contribution in [0, 0.1) is 0 Å². The zero-order chi connectivity index (χ0) is 3.41. The smallest absolute Gasteiger partial charge is 1.00 e. The molecule has 42 valence electrons. The molecule has 2 nitrogen and oxygen atoms in total. The molecule has 0 aliphatic carbocycles. The summed E-state index contributed by atoms with van der Waals surface area (Å²) in [6.45, 7) is -0.250.